The number of nitriles is 1. The highest BCUT2D eigenvalue weighted by atomic mass is 16.1. The SMILES string of the molecule is N#CCc1ccc(N2CCC(=O)[C@H]3CCCC[C@@H]32)cc1. The average Bonchev–Trinajstić information content (AvgIpc) is 2.49. The topological polar surface area (TPSA) is 44.1 Å². The van der Waals surface area contributed by atoms with Crippen LogP contribution in [0.2, 0.25) is 0 Å². The number of ketones is 1. The zero-order chi connectivity index (χ0) is 13.9. The highest BCUT2D eigenvalue weighted by Gasteiger charge is 2.38. The van der Waals surface area contributed by atoms with E-state index in [-0.39, 0.29) is 5.92 Å². The number of carbonyl (C=O) groups is 1. The third-order valence-electron chi connectivity index (χ3n) is 4.69. The van der Waals surface area contributed by atoms with E-state index < -0.39 is 0 Å². The number of rotatable bonds is 2. The van der Waals surface area contributed by atoms with Crippen molar-refractivity contribution in [3.63, 3.8) is 0 Å². The Morgan fingerprint density at radius 3 is 2.70 bits per heavy atom. The van der Waals surface area contributed by atoms with Crippen molar-refractivity contribution in [1.82, 2.24) is 0 Å². The van der Waals surface area contributed by atoms with Crippen LogP contribution in [0.25, 0.3) is 0 Å². The fourth-order valence-corrected chi connectivity index (χ4v) is 3.66. The first-order valence-electron chi connectivity index (χ1n) is 7.55. The summed E-state index contributed by atoms with van der Waals surface area (Å²) in [5.41, 5.74) is 2.26. The summed E-state index contributed by atoms with van der Waals surface area (Å²) >= 11 is 0. The van der Waals surface area contributed by atoms with Gasteiger partial charge in [0.1, 0.15) is 5.78 Å². The molecular formula is C17H20N2O. The van der Waals surface area contributed by atoms with Gasteiger partial charge >= 0.3 is 0 Å². The maximum absolute atomic E-state index is 12.1. The van der Waals surface area contributed by atoms with Crippen molar-refractivity contribution in [2.24, 2.45) is 5.92 Å². The summed E-state index contributed by atoms with van der Waals surface area (Å²) in [7, 11) is 0. The Hall–Kier alpha value is -1.82. The normalized spacial score (nSPS) is 25.9. The number of anilines is 1. The lowest BCUT2D eigenvalue weighted by Gasteiger charge is -2.44. The first-order chi connectivity index (χ1) is 9.79. The van der Waals surface area contributed by atoms with Gasteiger partial charge in [0.25, 0.3) is 0 Å². The van der Waals surface area contributed by atoms with E-state index in [1.54, 1.807) is 0 Å². The zero-order valence-electron chi connectivity index (χ0n) is 11.7. The van der Waals surface area contributed by atoms with Gasteiger partial charge in [-0.05, 0) is 30.5 Å². The lowest BCUT2D eigenvalue weighted by atomic mass is 9.77. The minimum Gasteiger partial charge on any atom is -0.367 e. The molecule has 0 N–H and O–H groups in total. The first kappa shape index (κ1) is 13.2. The van der Waals surface area contributed by atoms with Crippen molar-refractivity contribution in [1.29, 1.82) is 5.26 Å². The largest absolute Gasteiger partial charge is 0.367 e. The van der Waals surface area contributed by atoms with Crippen LogP contribution in [0.5, 0.6) is 0 Å². The van der Waals surface area contributed by atoms with E-state index in [1.807, 2.05) is 12.1 Å². The van der Waals surface area contributed by atoms with Crippen LogP contribution in [0.4, 0.5) is 5.69 Å². The molecule has 1 aromatic carbocycles. The Bertz CT molecular complexity index is 529. The standard InChI is InChI=1S/C17H20N2O/c18-11-9-13-5-7-14(8-6-13)19-12-10-17(20)15-3-1-2-4-16(15)19/h5-8,15-16H,1-4,9-10,12H2/t15-,16-/m0/s1. The zero-order valence-corrected chi connectivity index (χ0v) is 11.7. The van der Waals surface area contributed by atoms with Gasteiger partial charge < -0.3 is 4.90 Å². The molecule has 3 heteroatoms. The van der Waals surface area contributed by atoms with Crippen LogP contribution in [0.15, 0.2) is 24.3 Å². The van der Waals surface area contributed by atoms with Crippen molar-refractivity contribution in [3.8, 4) is 6.07 Å². The quantitative estimate of drug-likeness (QED) is 0.828. The molecule has 0 bridgehead atoms. The molecule has 3 rings (SSSR count). The molecule has 1 heterocycles. The number of carbonyl (C=O) groups excluding carboxylic acids is 1. The highest BCUT2D eigenvalue weighted by molar-refractivity contribution is 5.84. The Balaban J connectivity index is 1.81. The third-order valence-corrected chi connectivity index (χ3v) is 4.69. The predicted molar refractivity (Wildman–Crippen MR) is 78.5 cm³/mol. The summed E-state index contributed by atoms with van der Waals surface area (Å²) < 4.78 is 0. The van der Waals surface area contributed by atoms with Gasteiger partial charge in [0.15, 0.2) is 0 Å². The second-order valence-electron chi connectivity index (χ2n) is 5.87. The van der Waals surface area contributed by atoms with Crippen molar-refractivity contribution in [3.05, 3.63) is 29.8 Å². The molecule has 1 aliphatic carbocycles. The van der Waals surface area contributed by atoms with Crippen LogP contribution in [0, 0.1) is 17.2 Å². The maximum Gasteiger partial charge on any atom is 0.139 e. The van der Waals surface area contributed by atoms with Gasteiger partial charge in [0.05, 0.1) is 12.5 Å². The molecule has 0 radical (unpaired) electrons. The van der Waals surface area contributed by atoms with E-state index >= 15 is 0 Å². The van der Waals surface area contributed by atoms with Crippen LogP contribution in [0.3, 0.4) is 0 Å². The molecule has 1 aliphatic heterocycles. The number of Topliss-reactive ketones (excluding diaryl/α,β-unsaturated/α-hetero) is 1. The number of benzene rings is 1. The Labute approximate surface area is 120 Å². The van der Waals surface area contributed by atoms with Gasteiger partial charge in [-0.1, -0.05) is 25.0 Å². The van der Waals surface area contributed by atoms with E-state index in [0.29, 0.717) is 24.7 Å². The van der Waals surface area contributed by atoms with Crippen molar-refractivity contribution in [2.75, 3.05) is 11.4 Å². The molecule has 1 saturated carbocycles. The summed E-state index contributed by atoms with van der Waals surface area (Å²) in [6.07, 6.45) is 5.77. The van der Waals surface area contributed by atoms with E-state index in [0.717, 1.165) is 24.9 Å². The van der Waals surface area contributed by atoms with E-state index in [2.05, 4.69) is 23.1 Å². The van der Waals surface area contributed by atoms with Crippen LogP contribution in [-0.4, -0.2) is 18.4 Å². The highest BCUT2D eigenvalue weighted by Crippen LogP contribution is 2.36. The van der Waals surface area contributed by atoms with Gasteiger partial charge in [-0.3, -0.25) is 4.79 Å². The fraction of sp³-hybridized carbons (Fsp3) is 0.529. The van der Waals surface area contributed by atoms with Crippen LogP contribution in [-0.2, 0) is 11.2 Å². The summed E-state index contributed by atoms with van der Waals surface area (Å²) in [5.74, 6) is 0.711. The first-order valence-corrected chi connectivity index (χ1v) is 7.55. The summed E-state index contributed by atoms with van der Waals surface area (Å²) in [6.45, 7) is 0.845. The van der Waals surface area contributed by atoms with Crippen LogP contribution in [0.1, 0.15) is 37.7 Å². The minimum atomic E-state index is 0.247. The van der Waals surface area contributed by atoms with Gasteiger partial charge in [-0.25, -0.2) is 0 Å². The van der Waals surface area contributed by atoms with Crippen molar-refractivity contribution < 1.29 is 4.79 Å². The van der Waals surface area contributed by atoms with Gasteiger partial charge in [0.2, 0.25) is 0 Å². The molecular weight excluding hydrogens is 248 g/mol. The van der Waals surface area contributed by atoms with Crippen LogP contribution < -0.4 is 4.90 Å². The predicted octanol–water partition coefficient (Wildman–Crippen LogP) is 3.09. The molecule has 1 aromatic rings. The second kappa shape index (κ2) is 5.66. The Kier molecular flexibility index (Phi) is 3.73. The Morgan fingerprint density at radius 1 is 1.20 bits per heavy atom. The fourth-order valence-electron chi connectivity index (χ4n) is 3.66. The molecule has 2 atom stereocenters. The summed E-state index contributed by atoms with van der Waals surface area (Å²) in [5, 5.41) is 8.72. The third kappa shape index (κ3) is 2.43. The molecule has 2 fully saturated rings. The summed E-state index contributed by atoms with van der Waals surface area (Å²) in [6, 6.07) is 10.9. The molecule has 104 valence electrons. The van der Waals surface area contributed by atoms with E-state index in [1.165, 1.54) is 18.5 Å². The molecule has 0 amide bonds. The van der Waals surface area contributed by atoms with Crippen molar-refractivity contribution in [2.45, 2.75) is 44.6 Å². The molecule has 2 aliphatic rings. The van der Waals surface area contributed by atoms with Gasteiger partial charge in [-0.15, -0.1) is 0 Å². The number of fused-ring (bicyclic) bond motifs is 1. The van der Waals surface area contributed by atoms with Gasteiger partial charge in [0, 0.05) is 30.6 Å². The molecule has 0 aromatic heterocycles. The summed E-state index contributed by atoms with van der Waals surface area (Å²) in [4.78, 5) is 14.5. The number of piperidine rings is 1. The smallest absolute Gasteiger partial charge is 0.139 e. The van der Waals surface area contributed by atoms with E-state index in [9.17, 15) is 4.79 Å². The molecule has 3 nitrogen and oxygen atoms in total. The number of hydrogen-bond acceptors (Lipinski definition) is 3. The monoisotopic (exact) mass is 268 g/mol. The molecule has 0 unspecified atom stereocenters. The lowest BCUT2D eigenvalue weighted by Crippen LogP contribution is -2.51. The van der Waals surface area contributed by atoms with E-state index in [4.69, 9.17) is 5.26 Å². The average molecular weight is 268 g/mol. The number of hydrogen-bond donors (Lipinski definition) is 0. The number of nitrogens with zero attached hydrogens (tertiary/aromatic N) is 2. The second-order valence-corrected chi connectivity index (χ2v) is 5.87. The molecule has 20 heavy (non-hydrogen) atoms. The minimum absolute atomic E-state index is 0.247. The van der Waals surface area contributed by atoms with Gasteiger partial charge in [-0.2, -0.15) is 5.26 Å². The van der Waals surface area contributed by atoms with Crippen molar-refractivity contribution >= 4 is 11.5 Å². The molecule has 1 saturated heterocycles. The maximum atomic E-state index is 12.1. The molecule has 0 spiro atoms. The Morgan fingerprint density at radius 2 is 1.95 bits per heavy atom. The lowest BCUT2D eigenvalue weighted by molar-refractivity contribution is -0.125. The van der Waals surface area contributed by atoms with Crippen LogP contribution >= 0.6 is 0 Å².